The molecule has 4 nitrogen and oxygen atoms in total. The molecule has 0 fully saturated rings. The fourth-order valence-electron chi connectivity index (χ4n) is 4.12. The lowest BCUT2D eigenvalue weighted by Crippen LogP contribution is -2.03. The third-order valence-electron chi connectivity index (χ3n) is 6.92. The molecule has 0 aliphatic rings. The van der Waals surface area contributed by atoms with Crippen LogP contribution in [-0.4, -0.2) is 33.7 Å². The van der Waals surface area contributed by atoms with Crippen molar-refractivity contribution in [3.63, 3.8) is 0 Å². The van der Waals surface area contributed by atoms with E-state index in [2.05, 4.69) is 39.1 Å². The number of hydrogen-bond donors (Lipinski definition) is 4. The molecule has 2 N–H and O–H groups in total. The van der Waals surface area contributed by atoms with Gasteiger partial charge in [0.25, 0.3) is 0 Å². The summed E-state index contributed by atoms with van der Waals surface area (Å²) < 4.78 is 0. The minimum Gasteiger partial charge on any atom is -0.394 e. The molecule has 0 bridgehead atoms. The predicted octanol–water partition coefficient (Wildman–Crippen LogP) is 9.75. The molecule has 0 aromatic carbocycles. The largest absolute Gasteiger partial charge is 0.394 e. The van der Waals surface area contributed by atoms with Gasteiger partial charge in [0, 0.05) is 11.8 Å². The number of carbonyl (C=O) groups is 2. The molecule has 2 unspecified atom stereocenters. The number of thiol groups is 2. The molecule has 38 heavy (non-hydrogen) atoms. The Morgan fingerprint density at radius 3 is 0.868 bits per heavy atom. The Morgan fingerprint density at radius 2 is 0.684 bits per heavy atom. The molecular weight excluding hydrogens is 512 g/mol. The number of aliphatic hydroxyl groups is 2. The van der Waals surface area contributed by atoms with E-state index in [9.17, 15) is 9.59 Å². The fraction of sp³-hybridized carbons (Fsp3) is 0.938. The summed E-state index contributed by atoms with van der Waals surface area (Å²) in [5.41, 5.74) is 0. The number of carbonyl (C=O) groups excluding carboxylic acids is 2. The maximum Gasteiger partial charge on any atom is 0.188 e. The Morgan fingerprint density at radius 1 is 0.474 bits per heavy atom. The minimum absolute atomic E-state index is 0.0425. The summed E-state index contributed by atoms with van der Waals surface area (Å²) in [6.45, 7) is 8.22. The Hall–Kier alpha value is -0.0400. The molecule has 0 aliphatic carbocycles. The predicted molar refractivity (Wildman–Crippen MR) is 173 cm³/mol. The van der Waals surface area contributed by atoms with Crippen LogP contribution in [-0.2, 0) is 9.59 Å². The van der Waals surface area contributed by atoms with Crippen LogP contribution in [0.15, 0.2) is 0 Å². The Labute approximate surface area is 248 Å². The van der Waals surface area contributed by atoms with Gasteiger partial charge >= 0.3 is 0 Å². The maximum absolute atomic E-state index is 10.9. The van der Waals surface area contributed by atoms with Crippen molar-refractivity contribution in [2.24, 2.45) is 11.8 Å². The minimum atomic E-state index is -0.125. The van der Waals surface area contributed by atoms with Gasteiger partial charge in [-0.3, -0.25) is 9.59 Å². The maximum atomic E-state index is 10.9. The molecule has 0 saturated heterocycles. The van der Waals surface area contributed by atoms with Crippen molar-refractivity contribution in [3.05, 3.63) is 0 Å². The van der Waals surface area contributed by atoms with Gasteiger partial charge < -0.3 is 10.2 Å². The van der Waals surface area contributed by atoms with Crippen molar-refractivity contribution in [3.8, 4) is 0 Å². The summed E-state index contributed by atoms with van der Waals surface area (Å²) >= 11 is 7.71. The van der Waals surface area contributed by atoms with Crippen LogP contribution in [0.2, 0.25) is 0 Å². The van der Waals surface area contributed by atoms with Gasteiger partial charge in [0.05, 0.1) is 13.2 Å². The van der Waals surface area contributed by atoms with E-state index in [1.54, 1.807) is 0 Å². The monoisotopic (exact) mass is 578 g/mol. The van der Waals surface area contributed by atoms with Crippen molar-refractivity contribution in [2.45, 2.75) is 169 Å². The summed E-state index contributed by atoms with van der Waals surface area (Å²) in [4.78, 5) is 21.8. The third kappa shape index (κ3) is 40.5. The van der Waals surface area contributed by atoms with E-state index in [-0.39, 0.29) is 35.3 Å². The summed E-state index contributed by atoms with van der Waals surface area (Å²) in [6.07, 6.45) is 29.1. The highest BCUT2D eigenvalue weighted by atomic mass is 32.1. The van der Waals surface area contributed by atoms with E-state index in [4.69, 9.17) is 10.2 Å². The highest BCUT2D eigenvalue weighted by Gasteiger charge is 2.07. The highest BCUT2D eigenvalue weighted by molar-refractivity contribution is 7.96. The van der Waals surface area contributed by atoms with Crippen molar-refractivity contribution in [1.82, 2.24) is 0 Å². The first-order valence-corrected chi connectivity index (χ1v) is 16.8. The first kappa shape index (κ1) is 42.4. The zero-order valence-electron chi connectivity index (χ0n) is 25.7. The van der Waals surface area contributed by atoms with Crippen LogP contribution in [0.3, 0.4) is 0 Å². The molecule has 0 amide bonds. The molecule has 0 heterocycles. The van der Waals surface area contributed by atoms with Gasteiger partial charge in [-0.2, -0.15) is 0 Å². The first-order valence-electron chi connectivity index (χ1n) is 16.0. The second-order valence-electron chi connectivity index (χ2n) is 10.9. The van der Waals surface area contributed by atoms with E-state index in [0.717, 1.165) is 12.8 Å². The molecule has 0 spiro atoms. The quantitative estimate of drug-likeness (QED) is 0.0642. The van der Waals surface area contributed by atoms with E-state index in [1.807, 2.05) is 13.8 Å². The molecule has 0 radical (unpaired) electrons. The smallest absolute Gasteiger partial charge is 0.188 e. The van der Waals surface area contributed by atoms with Crippen molar-refractivity contribution in [1.29, 1.82) is 0 Å². The Balaban J connectivity index is -0.000000564. The van der Waals surface area contributed by atoms with Crippen molar-refractivity contribution >= 4 is 35.5 Å². The molecule has 0 saturated carbocycles. The fourth-order valence-corrected chi connectivity index (χ4v) is 4.38. The molecule has 0 aromatic rings. The van der Waals surface area contributed by atoms with E-state index in [1.165, 1.54) is 128 Å². The molecule has 6 heteroatoms. The van der Waals surface area contributed by atoms with E-state index < -0.39 is 0 Å². The van der Waals surface area contributed by atoms with Gasteiger partial charge in [0.1, 0.15) is 0 Å². The number of aliphatic hydroxyl groups excluding tert-OH is 2. The molecule has 2 atom stereocenters. The van der Waals surface area contributed by atoms with Crippen molar-refractivity contribution < 1.29 is 19.8 Å². The molecule has 0 aliphatic heterocycles. The topological polar surface area (TPSA) is 74.6 Å². The lowest BCUT2D eigenvalue weighted by Gasteiger charge is -2.06. The molecule has 0 rings (SSSR count). The third-order valence-corrected chi connectivity index (χ3v) is 7.81. The second-order valence-corrected chi connectivity index (χ2v) is 11.7. The Kier molecular flexibility index (Phi) is 41.3. The lowest BCUT2D eigenvalue weighted by molar-refractivity contribution is -0.114. The number of unbranched alkanes of at least 4 members (excludes halogenated alkanes) is 18. The van der Waals surface area contributed by atoms with Gasteiger partial charge in [0.2, 0.25) is 0 Å². The van der Waals surface area contributed by atoms with Gasteiger partial charge in [-0.1, -0.05) is 156 Å². The van der Waals surface area contributed by atoms with Gasteiger partial charge in [-0.05, 0) is 12.8 Å². The van der Waals surface area contributed by atoms with Crippen LogP contribution in [0.1, 0.15) is 169 Å². The number of rotatable bonds is 25. The van der Waals surface area contributed by atoms with E-state index >= 15 is 0 Å². The number of hydrogen-bond acceptors (Lipinski definition) is 4. The van der Waals surface area contributed by atoms with Crippen LogP contribution in [0.25, 0.3) is 0 Å². The summed E-state index contributed by atoms with van der Waals surface area (Å²) in [5.74, 6) is 0.291. The van der Waals surface area contributed by atoms with Crippen molar-refractivity contribution in [2.75, 3.05) is 13.2 Å². The highest BCUT2D eigenvalue weighted by Crippen LogP contribution is 2.16. The van der Waals surface area contributed by atoms with Gasteiger partial charge in [-0.25, -0.2) is 0 Å². The Bertz CT molecular complexity index is 432. The summed E-state index contributed by atoms with van der Waals surface area (Å²) in [5, 5.41) is 15.3. The standard InChI is InChI=1S/2C15H30OS.C2H6O2/c2*1-3-4-5-6-7-8-9-10-11-12-13-14(2)15(16)17;3-1-2-4/h2*14H,3-13H2,1-2H3,(H,16,17);3-4H,1-2H2. The zero-order chi connectivity index (χ0) is 29.3. The summed E-state index contributed by atoms with van der Waals surface area (Å²) in [7, 11) is 0. The normalized spacial score (nSPS) is 12.1. The first-order chi connectivity index (χ1) is 18.3. The molecular formula is C32H66O4S2. The van der Waals surface area contributed by atoms with E-state index in [0.29, 0.717) is 0 Å². The second kappa shape index (κ2) is 37.0. The van der Waals surface area contributed by atoms with Crippen LogP contribution >= 0.6 is 25.3 Å². The van der Waals surface area contributed by atoms with Crippen LogP contribution in [0.5, 0.6) is 0 Å². The van der Waals surface area contributed by atoms with Gasteiger partial charge in [0.15, 0.2) is 10.2 Å². The van der Waals surface area contributed by atoms with Crippen LogP contribution in [0, 0.1) is 11.8 Å². The average Bonchev–Trinajstić information content (AvgIpc) is 2.90. The summed E-state index contributed by atoms with van der Waals surface area (Å²) in [6, 6.07) is 0. The van der Waals surface area contributed by atoms with Crippen LogP contribution in [0.4, 0.5) is 0 Å². The lowest BCUT2D eigenvalue weighted by atomic mass is 10.0. The van der Waals surface area contributed by atoms with Gasteiger partial charge in [-0.15, -0.1) is 25.3 Å². The average molecular weight is 579 g/mol. The zero-order valence-corrected chi connectivity index (χ0v) is 27.5. The SMILES string of the molecule is CCCCCCCCCCCCC(C)C(=O)S.CCCCCCCCCCCCC(C)C(=O)S.OCCO. The molecule has 0 aromatic heterocycles. The molecule has 230 valence electrons. The van der Waals surface area contributed by atoms with Crippen LogP contribution < -0.4 is 0 Å².